The average molecular weight is 409 g/mol. The zero-order chi connectivity index (χ0) is 17.1. The number of rotatable bonds is 4. The number of carbonyl (C=O) groups is 2. The van der Waals surface area contributed by atoms with Gasteiger partial charge in [-0.15, -0.1) is 0 Å². The molecular weight excluding hydrogens is 396 g/mol. The Balaban J connectivity index is 2.11. The van der Waals surface area contributed by atoms with Crippen LogP contribution in [0.3, 0.4) is 0 Å². The first-order valence-electron chi connectivity index (χ1n) is 7.15. The van der Waals surface area contributed by atoms with E-state index in [2.05, 4.69) is 20.9 Å². The topological polar surface area (TPSA) is 73.8 Å². The average Bonchev–Trinajstić information content (AvgIpc) is 3.16. The van der Waals surface area contributed by atoms with Crippen LogP contribution in [0.5, 0.6) is 0 Å². The third kappa shape index (κ3) is 3.49. The van der Waals surface area contributed by atoms with Crippen molar-refractivity contribution in [3.8, 4) is 0 Å². The molecule has 3 rings (SSSR count). The third-order valence-corrected chi connectivity index (χ3v) is 4.70. The summed E-state index contributed by atoms with van der Waals surface area (Å²) in [6.07, 6.45) is 1.41. The zero-order valence-electron chi connectivity index (χ0n) is 12.7. The molecule has 2 heterocycles. The van der Waals surface area contributed by atoms with Crippen LogP contribution >= 0.6 is 27.3 Å². The van der Waals surface area contributed by atoms with Gasteiger partial charge in [0.1, 0.15) is 6.54 Å². The van der Waals surface area contributed by atoms with Gasteiger partial charge in [0.25, 0.3) is 0 Å². The van der Waals surface area contributed by atoms with E-state index in [0.717, 1.165) is 14.7 Å². The van der Waals surface area contributed by atoms with E-state index in [-0.39, 0.29) is 18.3 Å². The zero-order valence-corrected chi connectivity index (χ0v) is 15.1. The summed E-state index contributed by atoms with van der Waals surface area (Å²) in [6.45, 7) is 2.03. The molecule has 1 amide bonds. The van der Waals surface area contributed by atoms with Crippen LogP contribution in [0.1, 0.15) is 17.5 Å². The van der Waals surface area contributed by atoms with Crippen molar-refractivity contribution in [2.24, 2.45) is 4.99 Å². The number of halogens is 1. The molecule has 0 fully saturated rings. The normalized spacial score (nSPS) is 11.8. The third-order valence-electron chi connectivity index (χ3n) is 3.17. The molecule has 0 N–H and O–H groups in total. The minimum atomic E-state index is -0.497. The summed E-state index contributed by atoms with van der Waals surface area (Å²) < 4.78 is 13.6. The molecule has 2 aromatic heterocycles. The Labute approximate surface area is 149 Å². The van der Waals surface area contributed by atoms with Gasteiger partial charge in [0.05, 0.1) is 23.1 Å². The molecule has 0 atom stereocenters. The summed E-state index contributed by atoms with van der Waals surface area (Å²) in [6, 6.07) is 8.82. The number of esters is 1. The number of carbonyl (C=O) groups excluding carboxylic acids is 2. The van der Waals surface area contributed by atoms with Crippen molar-refractivity contribution in [2.45, 2.75) is 13.5 Å². The highest BCUT2D eigenvalue weighted by Gasteiger charge is 2.14. The Morgan fingerprint density at radius 3 is 2.92 bits per heavy atom. The maximum atomic E-state index is 12.2. The number of amides is 1. The molecule has 0 aliphatic rings. The van der Waals surface area contributed by atoms with Crippen LogP contribution in [-0.4, -0.2) is 23.1 Å². The number of thiazole rings is 1. The molecule has 124 valence electrons. The molecule has 24 heavy (non-hydrogen) atoms. The van der Waals surface area contributed by atoms with E-state index in [4.69, 9.17) is 9.15 Å². The van der Waals surface area contributed by atoms with Crippen LogP contribution in [0.4, 0.5) is 0 Å². The standard InChI is InChI=1S/C16H13BrN2O4S/c1-2-22-14(20)9-19-11-6-5-10(17)8-13(11)24-16(19)18-15(21)12-4-3-7-23-12/h3-8H,2,9H2,1H3. The first-order chi connectivity index (χ1) is 11.6. The fraction of sp³-hybridized carbons (Fsp3) is 0.188. The van der Waals surface area contributed by atoms with Gasteiger partial charge in [-0.3, -0.25) is 9.59 Å². The smallest absolute Gasteiger partial charge is 0.326 e. The van der Waals surface area contributed by atoms with E-state index < -0.39 is 5.91 Å². The molecule has 0 unspecified atom stereocenters. The van der Waals surface area contributed by atoms with E-state index in [9.17, 15) is 9.59 Å². The van der Waals surface area contributed by atoms with Crippen LogP contribution in [0.15, 0.2) is 50.5 Å². The second kappa shape index (κ2) is 7.14. The quantitative estimate of drug-likeness (QED) is 0.620. The summed E-state index contributed by atoms with van der Waals surface area (Å²) in [5, 5.41) is 0. The minimum absolute atomic E-state index is 0.0141. The first-order valence-corrected chi connectivity index (χ1v) is 8.76. The number of benzene rings is 1. The molecule has 0 saturated carbocycles. The van der Waals surface area contributed by atoms with E-state index in [1.165, 1.54) is 17.6 Å². The minimum Gasteiger partial charge on any atom is -0.465 e. The van der Waals surface area contributed by atoms with Gasteiger partial charge < -0.3 is 13.7 Å². The lowest BCUT2D eigenvalue weighted by atomic mass is 10.3. The lowest BCUT2D eigenvalue weighted by Crippen LogP contribution is -2.23. The van der Waals surface area contributed by atoms with Crippen LogP contribution in [0.25, 0.3) is 10.2 Å². The van der Waals surface area contributed by atoms with E-state index >= 15 is 0 Å². The van der Waals surface area contributed by atoms with Crippen molar-refractivity contribution >= 4 is 49.4 Å². The highest BCUT2D eigenvalue weighted by Crippen LogP contribution is 2.22. The number of furan rings is 1. The number of nitrogens with zero attached hydrogens (tertiary/aromatic N) is 2. The second-order valence-corrected chi connectivity index (χ2v) is 6.71. The lowest BCUT2D eigenvalue weighted by molar-refractivity contribution is -0.143. The summed E-state index contributed by atoms with van der Waals surface area (Å²) in [5.74, 6) is -0.730. The van der Waals surface area contributed by atoms with Crippen LogP contribution in [-0.2, 0) is 16.1 Å². The summed E-state index contributed by atoms with van der Waals surface area (Å²) in [4.78, 5) is 28.6. The highest BCUT2D eigenvalue weighted by molar-refractivity contribution is 9.10. The second-order valence-electron chi connectivity index (χ2n) is 4.78. The molecule has 0 saturated heterocycles. The van der Waals surface area contributed by atoms with Crippen molar-refractivity contribution < 1.29 is 18.7 Å². The van der Waals surface area contributed by atoms with E-state index in [1.807, 2.05) is 18.2 Å². The molecule has 6 nitrogen and oxygen atoms in total. The van der Waals surface area contributed by atoms with Crippen LogP contribution in [0, 0.1) is 0 Å². The fourth-order valence-electron chi connectivity index (χ4n) is 2.16. The Hall–Kier alpha value is -2.19. The molecule has 0 spiro atoms. The molecule has 1 aromatic carbocycles. The SMILES string of the molecule is CCOC(=O)Cn1c(=NC(=O)c2ccco2)sc2cc(Br)ccc21. The molecule has 0 aliphatic heterocycles. The van der Waals surface area contributed by atoms with Crippen molar-refractivity contribution in [2.75, 3.05) is 6.61 Å². The largest absolute Gasteiger partial charge is 0.465 e. The Morgan fingerprint density at radius 1 is 1.38 bits per heavy atom. The maximum Gasteiger partial charge on any atom is 0.326 e. The van der Waals surface area contributed by atoms with E-state index in [1.54, 1.807) is 23.6 Å². The van der Waals surface area contributed by atoms with E-state index in [0.29, 0.717) is 11.4 Å². The maximum absolute atomic E-state index is 12.2. The van der Waals surface area contributed by atoms with Gasteiger partial charge in [-0.05, 0) is 37.3 Å². The summed E-state index contributed by atoms with van der Waals surface area (Å²) >= 11 is 4.74. The molecule has 0 bridgehead atoms. The molecule has 0 radical (unpaired) electrons. The summed E-state index contributed by atoms with van der Waals surface area (Å²) in [7, 11) is 0. The van der Waals surface area contributed by atoms with Gasteiger partial charge >= 0.3 is 11.9 Å². The highest BCUT2D eigenvalue weighted by atomic mass is 79.9. The fourth-order valence-corrected chi connectivity index (χ4v) is 3.74. The predicted octanol–water partition coefficient (Wildman–Crippen LogP) is 3.36. The molecule has 8 heteroatoms. The number of aromatic nitrogens is 1. The van der Waals surface area contributed by atoms with Gasteiger partial charge in [-0.1, -0.05) is 27.3 Å². The van der Waals surface area contributed by atoms with Crippen molar-refractivity contribution in [1.29, 1.82) is 0 Å². The number of ether oxygens (including phenoxy) is 1. The number of hydrogen-bond acceptors (Lipinski definition) is 5. The summed E-state index contributed by atoms with van der Waals surface area (Å²) in [5.41, 5.74) is 0.808. The van der Waals surface area contributed by atoms with Crippen LogP contribution in [0.2, 0.25) is 0 Å². The van der Waals surface area contributed by atoms with Gasteiger partial charge in [0.15, 0.2) is 10.6 Å². The van der Waals surface area contributed by atoms with Gasteiger partial charge in [0.2, 0.25) is 0 Å². The first kappa shape index (κ1) is 16.7. The van der Waals surface area contributed by atoms with Crippen LogP contribution < -0.4 is 4.80 Å². The number of hydrogen-bond donors (Lipinski definition) is 0. The number of fused-ring (bicyclic) bond motifs is 1. The molecule has 3 aromatic rings. The lowest BCUT2D eigenvalue weighted by Gasteiger charge is -2.05. The van der Waals surface area contributed by atoms with Crippen molar-refractivity contribution in [3.05, 3.63) is 51.6 Å². The van der Waals surface area contributed by atoms with Gasteiger partial charge in [0, 0.05) is 4.47 Å². The Bertz CT molecular complexity index is 956. The Kier molecular flexibility index (Phi) is 4.96. The van der Waals surface area contributed by atoms with Crippen molar-refractivity contribution in [1.82, 2.24) is 4.57 Å². The molecular formula is C16H13BrN2O4S. The van der Waals surface area contributed by atoms with Crippen molar-refractivity contribution in [3.63, 3.8) is 0 Å². The van der Waals surface area contributed by atoms with Gasteiger partial charge in [-0.25, -0.2) is 0 Å². The molecule has 0 aliphatic carbocycles. The Morgan fingerprint density at radius 2 is 2.21 bits per heavy atom. The predicted molar refractivity (Wildman–Crippen MR) is 92.7 cm³/mol. The van der Waals surface area contributed by atoms with Gasteiger partial charge in [-0.2, -0.15) is 4.99 Å². The monoisotopic (exact) mass is 408 g/mol.